The molecule has 1 rings (SSSR count). The maximum Gasteiger partial charge on any atom is 0.339 e. The molecule has 0 aliphatic rings. The van der Waals surface area contributed by atoms with Crippen molar-refractivity contribution in [2.45, 2.75) is 13.8 Å². The van der Waals surface area contributed by atoms with Gasteiger partial charge in [-0.15, -0.1) is 0 Å². The molecule has 1 aromatic carbocycles. The number of carboxylic acids is 1. The quantitative estimate of drug-likeness (QED) is 0.870. The molecule has 0 bridgehead atoms. The summed E-state index contributed by atoms with van der Waals surface area (Å²) in [5.41, 5.74) is 0.0375. The van der Waals surface area contributed by atoms with Gasteiger partial charge in [0.1, 0.15) is 11.3 Å². The monoisotopic (exact) mass is 329 g/mol. The average Bonchev–Trinajstić information content (AvgIpc) is 2.37. The predicted octanol–water partition coefficient (Wildman–Crippen LogP) is 2.39. The first-order chi connectivity index (χ1) is 8.99. The first-order valence-corrected chi connectivity index (χ1v) is 6.72. The minimum absolute atomic E-state index is 0.0375. The molecule has 0 spiro atoms. The Balaban J connectivity index is 2.79. The van der Waals surface area contributed by atoms with Crippen molar-refractivity contribution in [1.82, 2.24) is 4.90 Å². The van der Waals surface area contributed by atoms with Gasteiger partial charge < -0.3 is 14.7 Å². The van der Waals surface area contributed by atoms with Crippen molar-refractivity contribution in [3.63, 3.8) is 0 Å². The summed E-state index contributed by atoms with van der Waals surface area (Å²) < 4.78 is 6.02. The lowest BCUT2D eigenvalue weighted by Gasteiger charge is -2.19. The molecule has 0 unspecified atom stereocenters. The molecule has 1 aromatic rings. The molecule has 0 saturated heterocycles. The summed E-state index contributed by atoms with van der Waals surface area (Å²) in [5.74, 6) is -1.07. The normalized spacial score (nSPS) is 10.1. The van der Waals surface area contributed by atoms with Crippen LogP contribution in [0.15, 0.2) is 22.7 Å². The second-order valence-corrected chi connectivity index (χ2v) is 4.72. The van der Waals surface area contributed by atoms with Crippen LogP contribution in [0.3, 0.4) is 0 Å². The highest BCUT2D eigenvalue weighted by atomic mass is 79.9. The van der Waals surface area contributed by atoms with Gasteiger partial charge in [-0.05, 0) is 32.0 Å². The second kappa shape index (κ2) is 7.13. The number of rotatable bonds is 6. The zero-order valence-electron chi connectivity index (χ0n) is 10.9. The number of hydrogen-bond donors (Lipinski definition) is 1. The summed E-state index contributed by atoms with van der Waals surface area (Å²) in [4.78, 5) is 24.4. The Morgan fingerprint density at radius 1 is 1.32 bits per heavy atom. The Morgan fingerprint density at radius 2 is 1.95 bits per heavy atom. The van der Waals surface area contributed by atoms with Gasteiger partial charge in [0.15, 0.2) is 6.61 Å². The lowest BCUT2D eigenvalue weighted by atomic mass is 10.2. The van der Waals surface area contributed by atoms with E-state index in [2.05, 4.69) is 15.9 Å². The Bertz CT molecular complexity index is 472. The van der Waals surface area contributed by atoms with Gasteiger partial charge in [-0.2, -0.15) is 0 Å². The van der Waals surface area contributed by atoms with Crippen molar-refractivity contribution >= 4 is 27.8 Å². The molecule has 1 N–H and O–H groups in total. The third-order valence-electron chi connectivity index (χ3n) is 2.64. The van der Waals surface area contributed by atoms with Crippen LogP contribution < -0.4 is 4.74 Å². The zero-order chi connectivity index (χ0) is 14.4. The molecule has 1 amide bonds. The van der Waals surface area contributed by atoms with Gasteiger partial charge in [-0.3, -0.25) is 4.79 Å². The summed E-state index contributed by atoms with van der Waals surface area (Å²) in [6.45, 7) is 4.79. The Hall–Kier alpha value is -1.56. The lowest BCUT2D eigenvalue weighted by molar-refractivity contribution is -0.133. The van der Waals surface area contributed by atoms with Crippen LogP contribution in [0.5, 0.6) is 5.75 Å². The highest BCUT2D eigenvalue weighted by molar-refractivity contribution is 9.10. The van der Waals surface area contributed by atoms with E-state index < -0.39 is 5.97 Å². The number of carbonyl (C=O) groups excluding carboxylic acids is 1. The van der Waals surface area contributed by atoms with Crippen LogP contribution in [0.2, 0.25) is 0 Å². The molecule has 0 aliphatic heterocycles. The minimum Gasteiger partial charge on any atom is -0.483 e. The number of nitrogens with zero attached hydrogens (tertiary/aromatic N) is 1. The van der Waals surface area contributed by atoms with Crippen LogP contribution in [0, 0.1) is 0 Å². The number of aromatic carboxylic acids is 1. The fourth-order valence-corrected chi connectivity index (χ4v) is 1.94. The van der Waals surface area contributed by atoms with Gasteiger partial charge in [0.25, 0.3) is 5.91 Å². The Labute approximate surface area is 120 Å². The molecule has 0 aromatic heterocycles. The number of likely N-dealkylation sites (N-methyl/N-ethyl adjacent to an activating group) is 1. The fourth-order valence-electron chi connectivity index (χ4n) is 1.60. The largest absolute Gasteiger partial charge is 0.483 e. The molecule has 0 aliphatic carbocycles. The number of hydrogen-bond acceptors (Lipinski definition) is 3. The van der Waals surface area contributed by atoms with Crippen LogP contribution in [0.1, 0.15) is 24.2 Å². The van der Waals surface area contributed by atoms with Gasteiger partial charge in [-0.25, -0.2) is 4.79 Å². The van der Waals surface area contributed by atoms with Gasteiger partial charge in [-0.1, -0.05) is 15.9 Å². The van der Waals surface area contributed by atoms with Gasteiger partial charge in [0.2, 0.25) is 0 Å². The van der Waals surface area contributed by atoms with Crippen LogP contribution >= 0.6 is 15.9 Å². The average molecular weight is 330 g/mol. The summed E-state index contributed by atoms with van der Waals surface area (Å²) in [6.07, 6.45) is 0. The number of carbonyl (C=O) groups is 2. The third kappa shape index (κ3) is 4.24. The molecule has 0 heterocycles. The van der Waals surface area contributed by atoms with Crippen molar-refractivity contribution in [2.24, 2.45) is 0 Å². The maximum atomic E-state index is 11.8. The summed E-state index contributed by atoms with van der Waals surface area (Å²) in [7, 11) is 0. The molecule has 19 heavy (non-hydrogen) atoms. The molecule has 0 atom stereocenters. The smallest absolute Gasteiger partial charge is 0.339 e. The van der Waals surface area contributed by atoms with E-state index in [0.29, 0.717) is 17.6 Å². The maximum absolute atomic E-state index is 11.8. The molecule has 0 radical (unpaired) electrons. The van der Waals surface area contributed by atoms with Crippen molar-refractivity contribution in [3.8, 4) is 5.75 Å². The summed E-state index contributed by atoms with van der Waals surface area (Å²) in [5, 5.41) is 9.03. The number of ether oxygens (including phenoxy) is 1. The van der Waals surface area contributed by atoms with Crippen molar-refractivity contribution in [1.29, 1.82) is 0 Å². The number of halogens is 1. The van der Waals surface area contributed by atoms with Crippen LogP contribution in [0.4, 0.5) is 0 Å². The topological polar surface area (TPSA) is 66.8 Å². The van der Waals surface area contributed by atoms with Gasteiger partial charge >= 0.3 is 5.97 Å². The van der Waals surface area contributed by atoms with Gasteiger partial charge in [0, 0.05) is 17.6 Å². The third-order valence-corrected chi connectivity index (χ3v) is 3.13. The standard InChI is InChI=1S/C13H16BrNO4/c1-3-15(4-2)12(16)8-19-11-7-9(14)5-6-10(11)13(17)18/h5-7H,3-4,8H2,1-2H3,(H,17,18). The van der Waals surface area contributed by atoms with E-state index >= 15 is 0 Å². The molecule has 6 heteroatoms. The zero-order valence-corrected chi connectivity index (χ0v) is 12.4. The highest BCUT2D eigenvalue weighted by Crippen LogP contribution is 2.23. The van der Waals surface area contributed by atoms with Crippen LogP contribution in [0.25, 0.3) is 0 Å². The minimum atomic E-state index is -1.09. The van der Waals surface area contributed by atoms with E-state index in [0.717, 1.165) is 0 Å². The van der Waals surface area contributed by atoms with E-state index in [1.54, 1.807) is 17.0 Å². The van der Waals surface area contributed by atoms with E-state index in [4.69, 9.17) is 9.84 Å². The molecular weight excluding hydrogens is 314 g/mol. The van der Waals surface area contributed by atoms with Crippen LogP contribution in [-0.4, -0.2) is 41.6 Å². The Morgan fingerprint density at radius 3 is 2.47 bits per heavy atom. The highest BCUT2D eigenvalue weighted by Gasteiger charge is 2.15. The second-order valence-electron chi connectivity index (χ2n) is 3.80. The van der Waals surface area contributed by atoms with E-state index in [-0.39, 0.29) is 23.8 Å². The van der Waals surface area contributed by atoms with Crippen molar-refractivity contribution in [3.05, 3.63) is 28.2 Å². The molecular formula is C13H16BrNO4. The Kier molecular flexibility index (Phi) is 5.82. The molecule has 0 saturated carbocycles. The molecule has 104 valence electrons. The fraction of sp³-hybridized carbons (Fsp3) is 0.385. The molecule has 0 fully saturated rings. The number of benzene rings is 1. The number of amides is 1. The van der Waals surface area contributed by atoms with E-state index in [9.17, 15) is 9.59 Å². The lowest BCUT2D eigenvalue weighted by Crippen LogP contribution is -2.34. The summed E-state index contributed by atoms with van der Waals surface area (Å²) >= 11 is 3.24. The van der Waals surface area contributed by atoms with E-state index in [1.165, 1.54) is 6.07 Å². The van der Waals surface area contributed by atoms with Crippen LogP contribution in [-0.2, 0) is 4.79 Å². The predicted molar refractivity (Wildman–Crippen MR) is 74.5 cm³/mol. The van der Waals surface area contributed by atoms with Gasteiger partial charge in [0.05, 0.1) is 0 Å². The number of carboxylic acid groups (broad SMARTS) is 1. The summed E-state index contributed by atoms with van der Waals surface area (Å²) in [6, 6.07) is 4.59. The SMILES string of the molecule is CCN(CC)C(=O)COc1cc(Br)ccc1C(=O)O. The van der Waals surface area contributed by atoms with Crippen molar-refractivity contribution in [2.75, 3.05) is 19.7 Å². The van der Waals surface area contributed by atoms with Crippen molar-refractivity contribution < 1.29 is 19.4 Å². The molecule has 5 nitrogen and oxygen atoms in total. The van der Waals surface area contributed by atoms with E-state index in [1.807, 2.05) is 13.8 Å². The first-order valence-electron chi connectivity index (χ1n) is 5.93. The first kappa shape index (κ1) is 15.5.